The second-order valence-corrected chi connectivity index (χ2v) is 8.65. The molecule has 1 unspecified atom stereocenters. The minimum Gasteiger partial charge on any atom is -0.384 e. The molecule has 178 valence electrons. The number of rotatable bonds is 6. The van der Waals surface area contributed by atoms with Crippen molar-refractivity contribution in [1.29, 1.82) is 0 Å². The molecule has 3 aromatic rings. The van der Waals surface area contributed by atoms with Crippen LogP contribution in [0, 0.1) is 5.82 Å². The summed E-state index contributed by atoms with van der Waals surface area (Å²) in [7, 11) is 0. The van der Waals surface area contributed by atoms with Crippen LogP contribution in [0.1, 0.15) is 43.2 Å². The highest BCUT2D eigenvalue weighted by Crippen LogP contribution is 2.33. The minimum atomic E-state index is -0.551. The van der Waals surface area contributed by atoms with Gasteiger partial charge in [-0.05, 0) is 44.0 Å². The SMILES string of the molecule is CCc1ncnc(-c2ccc(C(=O)N3CCN(C(C)CC)CC3)c(F)c2)c1-c1ccc(N)nc1. The van der Waals surface area contributed by atoms with Crippen LogP contribution in [0.15, 0.2) is 42.9 Å². The van der Waals surface area contributed by atoms with Gasteiger partial charge in [0.2, 0.25) is 0 Å². The number of hydrogen-bond donors (Lipinski definition) is 1. The van der Waals surface area contributed by atoms with Crippen molar-refractivity contribution in [2.75, 3.05) is 31.9 Å². The van der Waals surface area contributed by atoms with Crippen LogP contribution in [0.2, 0.25) is 0 Å². The van der Waals surface area contributed by atoms with Crippen molar-refractivity contribution in [3.8, 4) is 22.4 Å². The van der Waals surface area contributed by atoms with Crippen molar-refractivity contribution < 1.29 is 9.18 Å². The standard InChI is InChI=1S/C26H31FN6O/c1-4-17(3)32-10-12-33(13-11-32)26(34)20-8-6-18(14-21(20)27)25-24(22(5-2)30-16-31-25)19-7-9-23(28)29-15-19/h6-9,14-17H,4-5,10-13H2,1-3H3,(H2,28,29). The average Bonchev–Trinajstić information content (AvgIpc) is 2.88. The molecule has 1 saturated heterocycles. The molecular weight excluding hydrogens is 431 g/mol. The molecule has 4 rings (SSSR count). The van der Waals surface area contributed by atoms with Crippen molar-refractivity contribution in [1.82, 2.24) is 24.8 Å². The van der Waals surface area contributed by atoms with E-state index >= 15 is 4.39 Å². The summed E-state index contributed by atoms with van der Waals surface area (Å²) in [5.74, 6) is -0.406. The molecule has 0 radical (unpaired) electrons. The van der Waals surface area contributed by atoms with Crippen LogP contribution in [0.5, 0.6) is 0 Å². The molecule has 0 saturated carbocycles. The predicted octanol–water partition coefficient (Wildman–Crippen LogP) is 4.05. The quantitative estimate of drug-likeness (QED) is 0.595. The lowest BCUT2D eigenvalue weighted by molar-refractivity contribution is 0.0575. The zero-order valence-corrected chi connectivity index (χ0v) is 20.0. The molecule has 1 amide bonds. The molecule has 34 heavy (non-hydrogen) atoms. The number of nitrogen functional groups attached to an aromatic ring is 1. The lowest BCUT2D eigenvalue weighted by atomic mass is 9.96. The topological polar surface area (TPSA) is 88.2 Å². The third-order valence-electron chi connectivity index (χ3n) is 6.62. The maximum absolute atomic E-state index is 15.2. The Labute approximate surface area is 199 Å². The van der Waals surface area contributed by atoms with Gasteiger partial charge in [0.1, 0.15) is 18.0 Å². The second-order valence-electron chi connectivity index (χ2n) is 8.65. The number of nitrogens with two attached hydrogens (primary N) is 1. The first-order valence-corrected chi connectivity index (χ1v) is 11.8. The van der Waals surface area contributed by atoms with Gasteiger partial charge in [-0.1, -0.05) is 19.9 Å². The molecule has 1 atom stereocenters. The normalized spacial score (nSPS) is 15.4. The molecule has 1 aromatic carbocycles. The van der Waals surface area contributed by atoms with Gasteiger partial charge in [-0.2, -0.15) is 0 Å². The summed E-state index contributed by atoms with van der Waals surface area (Å²) in [6.07, 6.45) is 4.90. The van der Waals surface area contributed by atoms with Gasteiger partial charge in [0, 0.05) is 55.1 Å². The Bertz CT molecular complexity index is 1160. The Balaban J connectivity index is 1.62. The molecule has 0 aliphatic carbocycles. The van der Waals surface area contributed by atoms with Gasteiger partial charge < -0.3 is 10.6 Å². The van der Waals surface area contributed by atoms with E-state index in [0.29, 0.717) is 42.6 Å². The fourth-order valence-electron chi connectivity index (χ4n) is 4.40. The third kappa shape index (κ3) is 4.77. The van der Waals surface area contributed by atoms with Crippen molar-refractivity contribution >= 4 is 11.7 Å². The number of nitrogens with zero attached hydrogens (tertiary/aromatic N) is 5. The van der Waals surface area contributed by atoms with E-state index in [0.717, 1.165) is 36.3 Å². The number of pyridine rings is 1. The predicted molar refractivity (Wildman–Crippen MR) is 132 cm³/mol. The second kappa shape index (κ2) is 10.3. The first kappa shape index (κ1) is 23.8. The monoisotopic (exact) mass is 462 g/mol. The molecule has 0 bridgehead atoms. The molecule has 2 N–H and O–H groups in total. The molecule has 8 heteroatoms. The summed E-state index contributed by atoms with van der Waals surface area (Å²) < 4.78 is 15.2. The van der Waals surface area contributed by atoms with E-state index in [9.17, 15) is 4.79 Å². The minimum absolute atomic E-state index is 0.0845. The highest BCUT2D eigenvalue weighted by molar-refractivity contribution is 5.95. The summed E-state index contributed by atoms with van der Waals surface area (Å²) >= 11 is 0. The molecule has 1 fully saturated rings. The van der Waals surface area contributed by atoms with E-state index in [1.165, 1.54) is 12.4 Å². The van der Waals surface area contributed by atoms with Crippen LogP contribution in [-0.4, -0.2) is 62.9 Å². The Morgan fingerprint density at radius 1 is 1.06 bits per heavy atom. The van der Waals surface area contributed by atoms with E-state index in [2.05, 4.69) is 33.7 Å². The number of piperazine rings is 1. The fraction of sp³-hybridized carbons (Fsp3) is 0.385. The molecular formula is C26H31FN6O. The lowest BCUT2D eigenvalue weighted by Crippen LogP contribution is -2.51. The number of carbonyl (C=O) groups excluding carboxylic acids is 1. The number of halogens is 1. The molecule has 0 spiro atoms. The number of benzene rings is 1. The Kier molecular flexibility index (Phi) is 7.17. The maximum Gasteiger partial charge on any atom is 0.256 e. The number of carbonyl (C=O) groups is 1. The van der Waals surface area contributed by atoms with Crippen LogP contribution in [0.25, 0.3) is 22.4 Å². The highest BCUT2D eigenvalue weighted by Gasteiger charge is 2.26. The Morgan fingerprint density at radius 2 is 1.79 bits per heavy atom. The van der Waals surface area contributed by atoms with Crippen molar-refractivity contribution in [3.05, 3.63) is 59.9 Å². The number of hydrogen-bond acceptors (Lipinski definition) is 6. The average molecular weight is 463 g/mol. The summed E-state index contributed by atoms with van der Waals surface area (Å²) in [4.78, 5) is 30.2. The van der Waals surface area contributed by atoms with Crippen molar-refractivity contribution in [2.45, 2.75) is 39.7 Å². The van der Waals surface area contributed by atoms with E-state index < -0.39 is 5.82 Å². The van der Waals surface area contributed by atoms with Crippen molar-refractivity contribution in [3.63, 3.8) is 0 Å². The third-order valence-corrected chi connectivity index (χ3v) is 6.62. The summed E-state index contributed by atoms with van der Waals surface area (Å²) in [5.41, 5.74) is 9.44. The highest BCUT2D eigenvalue weighted by atomic mass is 19.1. The van der Waals surface area contributed by atoms with Crippen LogP contribution in [0.4, 0.5) is 10.2 Å². The number of amides is 1. The summed E-state index contributed by atoms with van der Waals surface area (Å²) in [6.45, 7) is 9.18. The van der Waals surface area contributed by atoms with E-state index in [1.807, 2.05) is 13.0 Å². The smallest absolute Gasteiger partial charge is 0.256 e. The van der Waals surface area contributed by atoms with Crippen LogP contribution in [-0.2, 0) is 6.42 Å². The number of anilines is 1. The zero-order chi connectivity index (χ0) is 24.2. The van der Waals surface area contributed by atoms with Gasteiger partial charge in [0.25, 0.3) is 5.91 Å². The molecule has 7 nitrogen and oxygen atoms in total. The lowest BCUT2D eigenvalue weighted by Gasteiger charge is -2.37. The fourth-order valence-corrected chi connectivity index (χ4v) is 4.40. The molecule has 2 aromatic heterocycles. The van der Waals surface area contributed by atoms with Gasteiger partial charge in [-0.15, -0.1) is 0 Å². The van der Waals surface area contributed by atoms with Crippen LogP contribution >= 0.6 is 0 Å². The summed E-state index contributed by atoms with van der Waals surface area (Å²) in [6, 6.07) is 8.76. The Hall–Kier alpha value is -3.39. The van der Waals surface area contributed by atoms with Gasteiger partial charge >= 0.3 is 0 Å². The van der Waals surface area contributed by atoms with Crippen LogP contribution in [0.3, 0.4) is 0 Å². The number of aromatic nitrogens is 3. The van der Waals surface area contributed by atoms with E-state index in [-0.39, 0.29) is 11.5 Å². The molecule has 1 aliphatic heterocycles. The summed E-state index contributed by atoms with van der Waals surface area (Å²) in [5, 5.41) is 0. The number of aryl methyl sites for hydroxylation is 1. The zero-order valence-electron chi connectivity index (χ0n) is 20.0. The first-order chi connectivity index (χ1) is 16.4. The molecule has 3 heterocycles. The van der Waals surface area contributed by atoms with Gasteiger partial charge in [0.05, 0.1) is 17.0 Å². The van der Waals surface area contributed by atoms with E-state index in [4.69, 9.17) is 5.73 Å². The largest absolute Gasteiger partial charge is 0.384 e. The van der Waals surface area contributed by atoms with Crippen LogP contribution < -0.4 is 5.73 Å². The van der Waals surface area contributed by atoms with Gasteiger partial charge in [0.15, 0.2) is 0 Å². The van der Waals surface area contributed by atoms with Gasteiger partial charge in [-0.25, -0.2) is 19.3 Å². The maximum atomic E-state index is 15.2. The first-order valence-electron chi connectivity index (χ1n) is 11.8. The van der Waals surface area contributed by atoms with Crippen molar-refractivity contribution in [2.24, 2.45) is 0 Å². The van der Waals surface area contributed by atoms with Gasteiger partial charge in [-0.3, -0.25) is 9.69 Å². The molecule has 1 aliphatic rings. The Morgan fingerprint density at radius 3 is 2.41 bits per heavy atom. The van der Waals surface area contributed by atoms with E-state index in [1.54, 1.807) is 29.3 Å².